The van der Waals surface area contributed by atoms with Gasteiger partial charge in [0.1, 0.15) is 5.82 Å². The molecule has 0 aliphatic carbocycles. The van der Waals surface area contributed by atoms with Crippen molar-refractivity contribution >= 4 is 5.82 Å². The first kappa shape index (κ1) is 11.4. The summed E-state index contributed by atoms with van der Waals surface area (Å²) in [6, 6.07) is 6.94. The van der Waals surface area contributed by atoms with Gasteiger partial charge in [-0.25, -0.2) is 4.98 Å². The molecule has 2 rings (SSSR count). The van der Waals surface area contributed by atoms with Crippen LogP contribution in [-0.4, -0.2) is 29.0 Å². The van der Waals surface area contributed by atoms with E-state index in [1.54, 1.807) is 0 Å². The van der Waals surface area contributed by atoms with Gasteiger partial charge >= 0.3 is 0 Å². The van der Waals surface area contributed by atoms with Crippen molar-refractivity contribution in [3.05, 3.63) is 23.9 Å². The van der Waals surface area contributed by atoms with E-state index in [9.17, 15) is 0 Å². The fraction of sp³-hybridized carbons (Fsp3) is 0.615. The molecule has 0 spiro atoms. The molecule has 3 nitrogen and oxygen atoms in total. The highest BCUT2D eigenvalue weighted by Gasteiger charge is 2.20. The van der Waals surface area contributed by atoms with Gasteiger partial charge in [-0.3, -0.25) is 4.90 Å². The molecular weight excluding hydrogens is 198 g/mol. The number of aromatic nitrogens is 1. The Morgan fingerprint density at radius 1 is 1.50 bits per heavy atom. The summed E-state index contributed by atoms with van der Waals surface area (Å²) >= 11 is 0. The first-order valence-electron chi connectivity index (χ1n) is 6.23. The lowest BCUT2D eigenvalue weighted by atomic mass is 10.2. The standard InChI is InChI=1S/C13H21N3/c1-3-14-13-8-4-7-12(15-13)10-16-9-5-6-11(16)2/h4,7-8,11H,3,5-6,9-10H2,1-2H3,(H,14,15). The van der Waals surface area contributed by atoms with Crippen molar-refractivity contribution < 1.29 is 0 Å². The van der Waals surface area contributed by atoms with Crippen LogP contribution < -0.4 is 5.32 Å². The van der Waals surface area contributed by atoms with Crippen LogP contribution in [0.15, 0.2) is 18.2 Å². The van der Waals surface area contributed by atoms with Crippen molar-refractivity contribution in [2.45, 2.75) is 39.3 Å². The van der Waals surface area contributed by atoms with Crippen LogP contribution in [0.2, 0.25) is 0 Å². The highest BCUT2D eigenvalue weighted by atomic mass is 15.2. The predicted molar refractivity (Wildman–Crippen MR) is 67.5 cm³/mol. The second kappa shape index (κ2) is 5.30. The van der Waals surface area contributed by atoms with E-state index in [0.717, 1.165) is 18.9 Å². The summed E-state index contributed by atoms with van der Waals surface area (Å²) in [5, 5.41) is 3.25. The topological polar surface area (TPSA) is 28.2 Å². The third-order valence-corrected chi connectivity index (χ3v) is 3.22. The fourth-order valence-corrected chi connectivity index (χ4v) is 2.28. The number of pyridine rings is 1. The Balaban J connectivity index is 2.00. The Morgan fingerprint density at radius 3 is 3.06 bits per heavy atom. The molecule has 0 radical (unpaired) electrons. The Hall–Kier alpha value is -1.09. The van der Waals surface area contributed by atoms with E-state index >= 15 is 0 Å². The zero-order valence-electron chi connectivity index (χ0n) is 10.2. The van der Waals surface area contributed by atoms with Gasteiger partial charge in [0.2, 0.25) is 0 Å². The number of nitrogens with zero attached hydrogens (tertiary/aromatic N) is 2. The molecule has 0 aromatic carbocycles. The third-order valence-electron chi connectivity index (χ3n) is 3.22. The van der Waals surface area contributed by atoms with Crippen LogP contribution in [0.3, 0.4) is 0 Å². The predicted octanol–water partition coefficient (Wildman–Crippen LogP) is 2.50. The van der Waals surface area contributed by atoms with Gasteiger partial charge in [-0.05, 0) is 45.4 Å². The van der Waals surface area contributed by atoms with Gasteiger partial charge in [0.25, 0.3) is 0 Å². The molecule has 2 heterocycles. The Kier molecular flexibility index (Phi) is 3.78. The van der Waals surface area contributed by atoms with Gasteiger partial charge in [0, 0.05) is 19.1 Å². The van der Waals surface area contributed by atoms with E-state index < -0.39 is 0 Å². The summed E-state index contributed by atoms with van der Waals surface area (Å²) < 4.78 is 0. The molecule has 16 heavy (non-hydrogen) atoms. The maximum atomic E-state index is 4.61. The molecule has 1 unspecified atom stereocenters. The average Bonchev–Trinajstić information content (AvgIpc) is 2.66. The summed E-state index contributed by atoms with van der Waals surface area (Å²) in [4.78, 5) is 7.12. The molecule has 1 aromatic rings. The number of hydrogen-bond acceptors (Lipinski definition) is 3. The van der Waals surface area contributed by atoms with Gasteiger partial charge in [-0.1, -0.05) is 6.07 Å². The molecule has 0 saturated carbocycles. The van der Waals surface area contributed by atoms with Crippen molar-refractivity contribution in [2.75, 3.05) is 18.4 Å². The van der Waals surface area contributed by atoms with Gasteiger partial charge in [0.05, 0.1) is 5.69 Å². The molecule has 3 heteroatoms. The summed E-state index contributed by atoms with van der Waals surface area (Å²) in [5.41, 5.74) is 1.17. The minimum Gasteiger partial charge on any atom is -0.370 e. The Labute approximate surface area is 97.9 Å². The van der Waals surface area contributed by atoms with E-state index in [1.807, 2.05) is 6.07 Å². The van der Waals surface area contributed by atoms with Crippen LogP contribution in [-0.2, 0) is 6.54 Å². The highest BCUT2D eigenvalue weighted by Crippen LogP contribution is 2.19. The molecule has 88 valence electrons. The number of likely N-dealkylation sites (tertiary alicyclic amines) is 1. The molecule has 1 atom stereocenters. The lowest BCUT2D eigenvalue weighted by molar-refractivity contribution is 0.257. The zero-order valence-corrected chi connectivity index (χ0v) is 10.2. The normalized spacial score (nSPS) is 21.2. The molecule has 1 aromatic heterocycles. The van der Waals surface area contributed by atoms with Crippen LogP contribution in [0.1, 0.15) is 32.4 Å². The van der Waals surface area contributed by atoms with Crippen LogP contribution in [0.25, 0.3) is 0 Å². The van der Waals surface area contributed by atoms with E-state index in [-0.39, 0.29) is 0 Å². The van der Waals surface area contributed by atoms with Gasteiger partial charge in [0.15, 0.2) is 0 Å². The van der Waals surface area contributed by atoms with Gasteiger partial charge in [-0.15, -0.1) is 0 Å². The van der Waals surface area contributed by atoms with E-state index in [0.29, 0.717) is 6.04 Å². The van der Waals surface area contributed by atoms with Crippen molar-refractivity contribution in [1.29, 1.82) is 0 Å². The molecule has 0 bridgehead atoms. The molecule has 1 N–H and O–H groups in total. The monoisotopic (exact) mass is 219 g/mol. The van der Waals surface area contributed by atoms with E-state index in [1.165, 1.54) is 25.1 Å². The van der Waals surface area contributed by atoms with E-state index in [2.05, 4.69) is 41.2 Å². The maximum Gasteiger partial charge on any atom is 0.126 e. The smallest absolute Gasteiger partial charge is 0.126 e. The molecular formula is C13H21N3. The Morgan fingerprint density at radius 2 is 2.38 bits per heavy atom. The van der Waals surface area contributed by atoms with Gasteiger partial charge < -0.3 is 5.32 Å². The quantitative estimate of drug-likeness (QED) is 0.843. The van der Waals surface area contributed by atoms with Crippen LogP contribution in [0.4, 0.5) is 5.82 Å². The number of rotatable bonds is 4. The lowest BCUT2D eigenvalue weighted by Crippen LogP contribution is -2.26. The van der Waals surface area contributed by atoms with Crippen LogP contribution >= 0.6 is 0 Å². The average molecular weight is 219 g/mol. The van der Waals surface area contributed by atoms with Crippen LogP contribution in [0.5, 0.6) is 0 Å². The summed E-state index contributed by atoms with van der Waals surface area (Å²) in [7, 11) is 0. The van der Waals surface area contributed by atoms with Crippen molar-refractivity contribution in [2.24, 2.45) is 0 Å². The highest BCUT2D eigenvalue weighted by molar-refractivity contribution is 5.34. The SMILES string of the molecule is CCNc1cccc(CN2CCCC2C)n1. The van der Waals surface area contributed by atoms with Crippen molar-refractivity contribution in [3.63, 3.8) is 0 Å². The maximum absolute atomic E-state index is 4.61. The third kappa shape index (κ3) is 2.73. The first-order valence-corrected chi connectivity index (χ1v) is 6.23. The minimum atomic E-state index is 0.713. The second-order valence-corrected chi connectivity index (χ2v) is 4.51. The molecule has 1 aliphatic rings. The number of nitrogens with one attached hydrogen (secondary N) is 1. The summed E-state index contributed by atoms with van der Waals surface area (Å²) in [6.07, 6.45) is 2.65. The van der Waals surface area contributed by atoms with Crippen molar-refractivity contribution in [1.82, 2.24) is 9.88 Å². The minimum absolute atomic E-state index is 0.713. The number of anilines is 1. The molecule has 1 saturated heterocycles. The zero-order chi connectivity index (χ0) is 11.4. The van der Waals surface area contributed by atoms with Crippen molar-refractivity contribution in [3.8, 4) is 0 Å². The lowest BCUT2D eigenvalue weighted by Gasteiger charge is -2.20. The van der Waals surface area contributed by atoms with E-state index in [4.69, 9.17) is 0 Å². The summed E-state index contributed by atoms with van der Waals surface area (Å²) in [6.45, 7) is 7.53. The molecule has 1 fully saturated rings. The summed E-state index contributed by atoms with van der Waals surface area (Å²) in [5.74, 6) is 0.992. The molecule has 0 amide bonds. The number of hydrogen-bond donors (Lipinski definition) is 1. The molecule has 1 aliphatic heterocycles. The fourth-order valence-electron chi connectivity index (χ4n) is 2.28. The van der Waals surface area contributed by atoms with Gasteiger partial charge in [-0.2, -0.15) is 0 Å². The second-order valence-electron chi connectivity index (χ2n) is 4.51. The Bertz CT molecular complexity index is 338. The largest absolute Gasteiger partial charge is 0.370 e. The van der Waals surface area contributed by atoms with Crippen LogP contribution in [0, 0.1) is 0 Å². The first-order chi connectivity index (χ1) is 7.79.